The molecule has 1 N–H and O–H groups in total. The third kappa shape index (κ3) is 1.35. The minimum absolute atomic E-state index is 0.105. The van der Waals surface area contributed by atoms with E-state index in [2.05, 4.69) is 29.6 Å². The number of rotatable bonds is 1. The zero-order valence-corrected chi connectivity index (χ0v) is 9.27. The van der Waals surface area contributed by atoms with Crippen LogP contribution in [0.4, 0.5) is 0 Å². The van der Waals surface area contributed by atoms with E-state index >= 15 is 0 Å². The smallest absolute Gasteiger partial charge is 0.222 e. The second kappa shape index (κ2) is 3.59. The van der Waals surface area contributed by atoms with Gasteiger partial charge >= 0.3 is 0 Å². The molecule has 1 heterocycles. The molecule has 0 aromatic heterocycles. The summed E-state index contributed by atoms with van der Waals surface area (Å²) in [5.74, 6) is 0.799. The highest BCUT2D eigenvalue weighted by atomic mass is 16.5. The summed E-state index contributed by atoms with van der Waals surface area (Å²) in [6.45, 7) is 0. The first-order valence-corrected chi connectivity index (χ1v) is 5.70. The molecule has 3 heteroatoms. The first kappa shape index (κ1) is 9.85. The van der Waals surface area contributed by atoms with E-state index < -0.39 is 0 Å². The van der Waals surface area contributed by atoms with Gasteiger partial charge in [-0.15, -0.1) is 0 Å². The molecule has 3 rings (SSSR count). The quantitative estimate of drug-likeness (QED) is 0.778. The van der Waals surface area contributed by atoms with Crippen LogP contribution < -0.4 is 5.32 Å². The number of methoxy groups -OCH3 is 1. The van der Waals surface area contributed by atoms with Crippen molar-refractivity contribution < 1.29 is 9.53 Å². The Labute approximate surface area is 94.8 Å². The highest BCUT2D eigenvalue weighted by molar-refractivity contribution is 5.78. The Balaban J connectivity index is 2.07. The highest BCUT2D eigenvalue weighted by Gasteiger charge is 2.40. The van der Waals surface area contributed by atoms with Gasteiger partial charge < -0.3 is 10.1 Å². The molecule has 1 amide bonds. The molecule has 1 aromatic carbocycles. The van der Waals surface area contributed by atoms with Crippen molar-refractivity contribution in [2.75, 3.05) is 7.11 Å². The Morgan fingerprint density at radius 2 is 2.06 bits per heavy atom. The summed E-state index contributed by atoms with van der Waals surface area (Å²) in [4.78, 5) is 11.7. The fraction of sp³-hybridized carbons (Fsp3) is 0.462. The highest BCUT2D eigenvalue weighted by Crippen LogP contribution is 2.46. The molecule has 0 unspecified atom stereocenters. The normalized spacial score (nSPS) is 31.8. The maximum absolute atomic E-state index is 11.7. The largest absolute Gasteiger partial charge is 0.361 e. The topological polar surface area (TPSA) is 38.3 Å². The zero-order chi connectivity index (χ0) is 11.1. The predicted octanol–water partition coefficient (Wildman–Crippen LogP) is 1.75. The van der Waals surface area contributed by atoms with Gasteiger partial charge in [-0.3, -0.25) is 4.79 Å². The molecule has 16 heavy (non-hydrogen) atoms. The number of amides is 1. The molecule has 1 aromatic rings. The van der Waals surface area contributed by atoms with Crippen molar-refractivity contribution >= 4 is 5.91 Å². The van der Waals surface area contributed by atoms with Gasteiger partial charge in [0.2, 0.25) is 5.91 Å². The van der Waals surface area contributed by atoms with E-state index in [1.54, 1.807) is 7.11 Å². The van der Waals surface area contributed by atoms with E-state index in [0.29, 0.717) is 18.3 Å². The lowest BCUT2D eigenvalue weighted by molar-refractivity contribution is -0.124. The van der Waals surface area contributed by atoms with Crippen LogP contribution in [0, 0.1) is 0 Å². The number of nitrogens with one attached hydrogen (secondary N) is 1. The fourth-order valence-electron chi connectivity index (χ4n) is 3.03. The minimum atomic E-state index is -0.166. The molecular formula is C13H15NO2. The molecule has 3 nitrogen and oxygen atoms in total. The molecule has 0 spiro atoms. The predicted molar refractivity (Wildman–Crippen MR) is 60.1 cm³/mol. The molecule has 1 saturated heterocycles. The second-order valence-electron chi connectivity index (χ2n) is 4.60. The molecule has 0 saturated carbocycles. The van der Waals surface area contributed by atoms with Crippen LogP contribution in [0.2, 0.25) is 0 Å². The minimum Gasteiger partial charge on any atom is -0.361 e. The number of fused-ring (bicyclic) bond motifs is 5. The van der Waals surface area contributed by atoms with Crippen LogP contribution in [0.5, 0.6) is 0 Å². The average Bonchev–Trinajstić information content (AvgIpc) is 2.54. The lowest BCUT2D eigenvalue weighted by Gasteiger charge is -2.23. The van der Waals surface area contributed by atoms with Gasteiger partial charge in [-0.05, 0) is 23.5 Å². The summed E-state index contributed by atoms with van der Waals surface area (Å²) >= 11 is 0. The van der Waals surface area contributed by atoms with E-state index in [0.717, 1.165) is 6.42 Å². The van der Waals surface area contributed by atoms with Gasteiger partial charge in [0.25, 0.3) is 0 Å². The van der Waals surface area contributed by atoms with Gasteiger partial charge in [-0.2, -0.15) is 0 Å². The molecule has 1 aliphatic heterocycles. The third-order valence-corrected chi connectivity index (χ3v) is 3.73. The Kier molecular flexibility index (Phi) is 2.21. The van der Waals surface area contributed by atoms with Crippen LogP contribution in [0.15, 0.2) is 24.3 Å². The SMILES string of the molecule is CO[C@@H]1NC(=O)C[C@H]2C[C@H]1c1ccccc12. The second-order valence-corrected chi connectivity index (χ2v) is 4.60. The number of benzene rings is 1. The first-order chi connectivity index (χ1) is 7.79. The van der Waals surface area contributed by atoms with Crippen LogP contribution >= 0.6 is 0 Å². The lowest BCUT2D eigenvalue weighted by atomic mass is 9.97. The van der Waals surface area contributed by atoms with Gasteiger partial charge in [0, 0.05) is 19.4 Å². The molecule has 2 bridgehead atoms. The van der Waals surface area contributed by atoms with Crippen molar-refractivity contribution in [3.63, 3.8) is 0 Å². The monoisotopic (exact) mass is 217 g/mol. The summed E-state index contributed by atoms with van der Waals surface area (Å²) in [6, 6.07) is 8.41. The maximum atomic E-state index is 11.7. The van der Waals surface area contributed by atoms with Crippen LogP contribution in [-0.4, -0.2) is 19.2 Å². The zero-order valence-electron chi connectivity index (χ0n) is 9.27. The van der Waals surface area contributed by atoms with Crippen molar-refractivity contribution in [3.05, 3.63) is 35.4 Å². The number of carbonyl (C=O) groups excluding carboxylic acids is 1. The van der Waals surface area contributed by atoms with Gasteiger partial charge in [0.15, 0.2) is 0 Å². The molecule has 2 aliphatic rings. The lowest BCUT2D eigenvalue weighted by Crippen LogP contribution is -2.39. The third-order valence-electron chi connectivity index (χ3n) is 3.73. The Morgan fingerprint density at radius 1 is 1.31 bits per heavy atom. The van der Waals surface area contributed by atoms with E-state index in [1.165, 1.54) is 11.1 Å². The number of hydrogen-bond donors (Lipinski definition) is 1. The average molecular weight is 217 g/mol. The summed E-state index contributed by atoms with van der Waals surface area (Å²) in [5, 5.41) is 2.94. The maximum Gasteiger partial charge on any atom is 0.222 e. The summed E-state index contributed by atoms with van der Waals surface area (Å²) < 4.78 is 5.40. The molecule has 1 aliphatic carbocycles. The van der Waals surface area contributed by atoms with Crippen LogP contribution in [0.3, 0.4) is 0 Å². The van der Waals surface area contributed by atoms with E-state index in [-0.39, 0.29) is 12.1 Å². The Hall–Kier alpha value is -1.35. The van der Waals surface area contributed by atoms with E-state index in [1.807, 2.05) is 0 Å². The van der Waals surface area contributed by atoms with Crippen molar-refractivity contribution in [1.82, 2.24) is 5.32 Å². The Bertz CT molecular complexity index is 430. The Morgan fingerprint density at radius 3 is 2.81 bits per heavy atom. The number of ether oxygens (including phenoxy) is 1. The van der Waals surface area contributed by atoms with Crippen LogP contribution in [0.1, 0.15) is 35.8 Å². The molecule has 1 fully saturated rings. The van der Waals surface area contributed by atoms with E-state index in [4.69, 9.17) is 4.74 Å². The fourth-order valence-corrected chi connectivity index (χ4v) is 3.03. The molecular weight excluding hydrogens is 202 g/mol. The van der Waals surface area contributed by atoms with Gasteiger partial charge in [0.1, 0.15) is 6.23 Å². The van der Waals surface area contributed by atoms with Gasteiger partial charge in [0.05, 0.1) is 0 Å². The summed E-state index contributed by atoms with van der Waals surface area (Å²) in [6.07, 6.45) is 1.45. The molecule has 84 valence electrons. The van der Waals surface area contributed by atoms with Crippen molar-refractivity contribution in [2.45, 2.75) is 30.9 Å². The van der Waals surface area contributed by atoms with Gasteiger partial charge in [-0.25, -0.2) is 0 Å². The van der Waals surface area contributed by atoms with Gasteiger partial charge in [-0.1, -0.05) is 24.3 Å². The first-order valence-electron chi connectivity index (χ1n) is 5.70. The van der Waals surface area contributed by atoms with Crippen LogP contribution in [-0.2, 0) is 9.53 Å². The van der Waals surface area contributed by atoms with Crippen LogP contribution in [0.25, 0.3) is 0 Å². The van der Waals surface area contributed by atoms with E-state index in [9.17, 15) is 4.79 Å². The number of carbonyl (C=O) groups is 1. The van der Waals surface area contributed by atoms with Crippen molar-refractivity contribution in [1.29, 1.82) is 0 Å². The number of hydrogen-bond acceptors (Lipinski definition) is 2. The molecule has 0 radical (unpaired) electrons. The van der Waals surface area contributed by atoms with Crippen molar-refractivity contribution in [2.24, 2.45) is 0 Å². The van der Waals surface area contributed by atoms with Crippen molar-refractivity contribution in [3.8, 4) is 0 Å². The summed E-state index contributed by atoms with van der Waals surface area (Å²) in [5.41, 5.74) is 2.68. The standard InChI is InChI=1S/C13H15NO2/c1-16-13-11-6-8(7-12(15)14-13)9-4-2-3-5-10(9)11/h2-5,8,11,13H,6-7H2,1H3,(H,14,15)/t8-,11+,13+/m1/s1. The molecule has 3 atom stereocenters. The summed E-state index contributed by atoms with van der Waals surface area (Å²) in [7, 11) is 1.66.